The van der Waals surface area contributed by atoms with Crippen molar-refractivity contribution in [2.75, 3.05) is 5.75 Å². The molecule has 1 aromatic heterocycles. The Hall–Kier alpha value is -2.74. The predicted molar refractivity (Wildman–Crippen MR) is 100 cm³/mol. The first-order chi connectivity index (χ1) is 13.2. The van der Waals surface area contributed by atoms with E-state index in [-0.39, 0.29) is 23.5 Å². The Morgan fingerprint density at radius 3 is 3.04 bits per heavy atom. The van der Waals surface area contributed by atoms with Gasteiger partial charge >= 0.3 is 0 Å². The molecule has 3 aromatic rings. The Balaban J connectivity index is 1.41. The highest BCUT2D eigenvalue weighted by atomic mass is 32.2. The SMILES string of the molecule is O=C(CSc1nnnn1-c1cccc(F)c1)N[C@H]1CCCc2ccccc21. The number of hydrogen-bond acceptors (Lipinski definition) is 5. The number of rotatable bonds is 5. The fourth-order valence-electron chi connectivity index (χ4n) is 3.31. The number of halogens is 1. The summed E-state index contributed by atoms with van der Waals surface area (Å²) in [5.74, 6) is -0.253. The maximum atomic E-state index is 13.4. The van der Waals surface area contributed by atoms with Crippen LogP contribution in [0.3, 0.4) is 0 Å². The molecule has 0 fully saturated rings. The van der Waals surface area contributed by atoms with Gasteiger partial charge in [-0.1, -0.05) is 42.1 Å². The number of aryl methyl sites for hydroxylation is 1. The maximum absolute atomic E-state index is 13.4. The highest BCUT2D eigenvalue weighted by Gasteiger charge is 2.21. The van der Waals surface area contributed by atoms with Gasteiger partial charge < -0.3 is 5.32 Å². The maximum Gasteiger partial charge on any atom is 0.230 e. The van der Waals surface area contributed by atoms with Crippen molar-refractivity contribution >= 4 is 17.7 Å². The van der Waals surface area contributed by atoms with Crippen LogP contribution < -0.4 is 5.32 Å². The van der Waals surface area contributed by atoms with Crippen molar-refractivity contribution in [2.24, 2.45) is 0 Å². The van der Waals surface area contributed by atoms with E-state index in [2.05, 4.69) is 33.0 Å². The Morgan fingerprint density at radius 2 is 2.15 bits per heavy atom. The fourth-order valence-corrected chi connectivity index (χ4v) is 4.01. The van der Waals surface area contributed by atoms with Crippen LogP contribution in [0.2, 0.25) is 0 Å². The Labute approximate surface area is 160 Å². The number of benzene rings is 2. The van der Waals surface area contributed by atoms with Crippen LogP contribution in [-0.4, -0.2) is 31.9 Å². The first kappa shape index (κ1) is 17.7. The van der Waals surface area contributed by atoms with Gasteiger partial charge in [-0.25, -0.2) is 4.39 Å². The van der Waals surface area contributed by atoms with Gasteiger partial charge in [0.15, 0.2) is 0 Å². The molecule has 6 nitrogen and oxygen atoms in total. The van der Waals surface area contributed by atoms with Crippen molar-refractivity contribution in [3.63, 3.8) is 0 Å². The monoisotopic (exact) mass is 383 g/mol. The van der Waals surface area contributed by atoms with Crippen LogP contribution in [0.4, 0.5) is 4.39 Å². The molecule has 0 bridgehead atoms. The molecule has 1 aliphatic rings. The molecule has 0 aliphatic heterocycles. The average molecular weight is 383 g/mol. The summed E-state index contributed by atoms with van der Waals surface area (Å²) >= 11 is 1.22. The summed E-state index contributed by atoms with van der Waals surface area (Å²) < 4.78 is 14.9. The molecule has 138 valence electrons. The highest BCUT2D eigenvalue weighted by Crippen LogP contribution is 2.29. The largest absolute Gasteiger partial charge is 0.349 e. The van der Waals surface area contributed by atoms with Gasteiger partial charge in [-0.15, -0.1) is 5.10 Å². The van der Waals surface area contributed by atoms with Crippen LogP contribution in [0.15, 0.2) is 53.7 Å². The van der Waals surface area contributed by atoms with Gasteiger partial charge in [-0.2, -0.15) is 4.68 Å². The summed E-state index contributed by atoms with van der Waals surface area (Å²) in [6.45, 7) is 0. The van der Waals surface area contributed by atoms with Crippen LogP contribution in [0.1, 0.15) is 30.0 Å². The molecule has 8 heteroatoms. The number of nitrogens with zero attached hydrogens (tertiary/aromatic N) is 4. The van der Waals surface area contributed by atoms with Crippen molar-refractivity contribution in [3.8, 4) is 5.69 Å². The van der Waals surface area contributed by atoms with Crippen LogP contribution in [0.25, 0.3) is 5.69 Å². The third kappa shape index (κ3) is 4.00. The molecule has 0 saturated carbocycles. The third-order valence-corrected chi connectivity index (χ3v) is 5.45. The second-order valence-electron chi connectivity index (χ2n) is 6.35. The summed E-state index contributed by atoms with van der Waals surface area (Å²) in [7, 11) is 0. The number of nitrogens with one attached hydrogen (secondary N) is 1. The molecule has 2 aromatic carbocycles. The number of carbonyl (C=O) groups is 1. The lowest BCUT2D eigenvalue weighted by molar-refractivity contribution is -0.119. The molecular weight excluding hydrogens is 365 g/mol. The smallest absolute Gasteiger partial charge is 0.230 e. The molecule has 1 aliphatic carbocycles. The average Bonchev–Trinajstić information content (AvgIpc) is 3.15. The highest BCUT2D eigenvalue weighted by molar-refractivity contribution is 7.99. The number of thioether (sulfide) groups is 1. The zero-order valence-electron chi connectivity index (χ0n) is 14.5. The van der Waals surface area contributed by atoms with Crippen molar-refractivity contribution < 1.29 is 9.18 Å². The lowest BCUT2D eigenvalue weighted by atomic mass is 9.88. The lowest BCUT2D eigenvalue weighted by Gasteiger charge is -2.26. The molecule has 1 heterocycles. The van der Waals surface area contributed by atoms with E-state index in [1.165, 1.54) is 39.7 Å². The summed E-state index contributed by atoms with van der Waals surface area (Å²) in [5, 5.41) is 15.0. The first-order valence-corrected chi connectivity index (χ1v) is 9.73. The molecule has 1 N–H and O–H groups in total. The molecule has 0 radical (unpaired) electrons. The number of amides is 1. The number of fused-ring (bicyclic) bond motifs is 1. The van der Waals surface area contributed by atoms with Crippen molar-refractivity contribution in [1.82, 2.24) is 25.5 Å². The fraction of sp³-hybridized carbons (Fsp3) is 0.263. The van der Waals surface area contributed by atoms with E-state index >= 15 is 0 Å². The van der Waals surface area contributed by atoms with Crippen LogP contribution in [0.5, 0.6) is 0 Å². The molecule has 0 saturated heterocycles. The minimum absolute atomic E-state index is 0.0438. The normalized spacial score (nSPS) is 16.0. The van der Waals surface area contributed by atoms with E-state index in [9.17, 15) is 9.18 Å². The van der Waals surface area contributed by atoms with Gasteiger partial charge in [0.25, 0.3) is 0 Å². The summed E-state index contributed by atoms with van der Waals surface area (Å²) in [6.07, 6.45) is 3.06. The molecule has 0 spiro atoms. The van der Waals surface area contributed by atoms with E-state index in [0.29, 0.717) is 10.8 Å². The van der Waals surface area contributed by atoms with E-state index in [4.69, 9.17) is 0 Å². The first-order valence-electron chi connectivity index (χ1n) is 8.75. The summed E-state index contributed by atoms with van der Waals surface area (Å²) in [5.41, 5.74) is 3.02. The third-order valence-electron chi connectivity index (χ3n) is 4.53. The number of hydrogen-bond donors (Lipinski definition) is 1. The predicted octanol–water partition coefficient (Wildman–Crippen LogP) is 3.09. The Morgan fingerprint density at radius 1 is 1.26 bits per heavy atom. The van der Waals surface area contributed by atoms with Gasteiger partial charge in [-0.05, 0) is 59.0 Å². The van der Waals surface area contributed by atoms with Crippen LogP contribution in [-0.2, 0) is 11.2 Å². The van der Waals surface area contributed by atoms with E-state index in [0.717, 1.165) is 19.3 Å². The Bertz CT molecular complexity index is 961. The van der Waals surface area contributed by atoms with E-state index in [1.54, 1.807) is 12.1 Å². The molecular formula is C19H18FN5OS. The topological polar surface area (TPSA) is 72.7 Å². The van der Waals surface area contributed by atoms with Gasteiger partial charge in [0.1, 0.15) is 5.82 Å². The van der Waals surface area contributed by atoms with Crippen LogP contribution >= 0.6 is 11.8 Å². The number of carbonyl (C=O) groups excluding carboxylic acids is 1. The summed E-state index contributed by atoms with van der Waals surface area (Å²) in [4.78, 5) is 12.4. The molecule has 4 rings (SSSR count). The van der Waals surface area contributed by atoms with Gasteiger partial charge in [-0.3, -0.25) is 4.79 Å². The lowest BCUT2D eigenvalue weighted by Crippen LogP contribution is -2.32. The minimum Gasteiger partial charge on any atom is -0.349 e. The quantitative estimate of drug-likeness (QED) is 0.686. The van der Waals surface area contributed by atoms with Crippen molar-refractivity contribution in [1.29, 1.82) is 0 Å². The second kappa shape index (κ2) is 7.87. The number of tetrazole rings is 1. The summed E-state index contributed by atoms with van der Waals surface area (Å²) in [6, 6.07) is 14.3. The van der Waals surface area contributed by atoms with Crippen LogP contribution in [0, 0.1) is 5.82 Å². The van der Waals surface area contributed by atoms with Crippen molar-refractivity contribution in [3.05, 3.63) is 65.5 Å². The van der Waals surface area contributed by atoms with Gasteiger partial charge in [0, 0.05) is 0 Å². The molecule has 0 unspecified atom stereocenters. The molecule has 27 heavy (non-hydrogen) atoms. The molecule has 1 atom stereocenters. The molecule has 1 amide bonds. The van der Waals surface area contributed by atoms with Crippen molar-refractivity contribution in [2.45, 2.75) is 30.5 Å². The zero-order chi connectivity index (χ0) is 18.6. The minimum atomic E-state index is -0.368. The van der Waals surface area contributed by atoms with E-state index in [1.807, 2.05) is 12.1 Å². The second-order valence-corrected chi connectivity index (χ2v) is 7.30. The van der Waals surface area contributed by atoms with Gasteiger partial charge in [0.2, 0.25) is 11.1 Å². The standard InChI is InChI=1S/C19H18FN5OS/c20-14-7-4-8-15(11-14)25-19(22-23-24-25)27-12-18(26)21-17-10-3-6-13-5-1-2-9-16(13)17/h1-2,4-5,7-9,11,17H,3,6,10,12H2,(H,21,26)/t17-/m0/s1. The van der Waals surface area contributed by atoms with E-state index < -0.39 is 0 Å². The zero-order valence-corrected chi connectivity index (χ0v) is 15.3. The number of aromatic nitrogens is 4. The Kier molecular flexibility index (Phi) is 5.15. The van der Waals surface area contributed by atoms with Gasteiger partial charge in [0.05, 0.1) is 17.5 Å².